The molecule has 2 aromatic rings. The second-order valence-electron chi connectivity index (χ2n) is 9.08. The Morgan fingerprint density at radius 1 is 1.20 bits per heavy atom. The third kappa shape index (κ3) is 4.27. The molecule has 0 aromatic heterocycles. The highest BCUT2D eigenvalue weighted by atomic mass is 16.6. The molecular weight excluding hydrogens is 378 g/mol. The van der Waals surface area contributed by atoms with E-state index in [0.29, 0.717) is 17.3 Å². The van der Waals surface area contributed by atoms with Gasteiger partial charge in [0.1, 0.15) is 22.9 Å². The van der Waals surface area contributed by atoms with Gasteiger partial charge in [-0.25, -0.2) is 9.79 Å². The number of nitrogens with two attached hydrogens (primary N) is 1. The van der Waals surface area contributed by atoms with Crippen LogP contribution in [-0.2, 0) is 17.6 Å². The van der Waals surface area contributed by atoms with Crippen LogP contribution in [0.15, 0.2) is 47.5 Å². The van der Waals surface area contributed by atoms with E-state index in [2.05, 4.69) is 34.6 Å². The number of carbonyl (C=O) groups excluding carboxylic acids is 1. The zero-order valence-electron chi connectivity index (χ0n) is 17.9. The van der Waals surface area contributed by atoms with Gasteiger partial charge in [0.15, 0.2) is 6.10 Å². The molecule has 1 aliphatic carbocycles. The molecule has 30 heavy (non-hydrogen) atoms. The van der Waals surface area contributed by atoms with E-state index in [-0.39, 0.29) is 18.1 Å². The first-order valence-electron chi connectivity index (χ1n) is 10.4. The van der Waals surface area contributed by atoms with Gasteiger partial charge >= 0.3 is 6.09 Å². The molecular formula is C24H29N3O3. The third-order valence-electron chi connectivity index (χ3n) is 5.54. The predicted molar refractivity (Wildman–Crippen MR) is 117 cm³/mol. The van der Waals surface area contributed by atoms with Gasteiger partial charge in [-0.2, -0.15) is 0 Å². The molecule has 1 amide bonds. The van der Waals surface area contributed by atoms with Gasteiger partial charge in [0, 0.05) is 0 Å². The van der Waals surface area contributed by atoms with E-state index in [4.69, 9.17) is 15.2 Å². The molecule has 0 saturated heterocycles. The van der Waals surface area contributed by atoms with Crippen molar-refractivity contribution in [2.45, 2.75) is 58.3 Å². The lowest BCUT2D eigenvalue weighted by Crippen LogP contribution is -2.38. The lowest BCUT2D eigenvalue weighted by molar-refractivity contribution is 0.0485. The summed E-state index contributed by atoms with van der Waals surface area (Å²) in [6, 6.07) is 14.1. The summed E-state index contributed by atoms with van der Waals surface area (Å²) in [6.45, 7) is 7.46. The Morgan fingerprint density at radius 3 is 2.50 bits per heavy atom. The van der Waals surface area contributed by atoms with Crippen molar-refractivity contribution < 1.29 is 14.3 Å². The molecule has 4 rings (SSSR count). The molecule has 0 fully saturated rings. The average Bonchev–Trinajstić information content (AvgIpc) is 3.09. The van der Waals surface area contributed by atoms with Gasteiger partial charge in [-0.1, -0.05) is 30.3 Å². The molecule has 0 bridgehead atoms. The number of nitrogens with zero attached hydrogens (tertiary/aromatic N) is 1. The number of hydrogen-bond donors (Lipinski definition) is 2. The molecule has 2 aromatic carbocycles. The number of nitrogens with one attached hydrogen (secondary N) is 1. The van der Waals surface area contributed by atoms with Crippen LogP contribution in [0.1, 0.15) is 50.4 Å². The molecule has 6 heteroatoms. The van der Waals surface area contributed by atoms with Crippen LogP contribution in [0.4, 0.5) is 10.5 Å². The van der Waals surface area contributed by atoms with Crippen LogP contribution in [0.2, 0.25) is 0 Å². The monoisotopic (exact) mass is 407 g/mol. The van der Waals surface area contributed by atoms with Gasteiger partial charge in [0.25, 0.3) is 0 Å². The molecule has 0 spiro atoms. The van der Waals surface area contributed by atoms with Gasteiger partial charge in [0.05, 0.1) is 6.04 Å². The van der Waals surface area contributed by atoms with Gasteiger partial charge in [0.2, 0.25) is 0 Å². The Morgan fingerprint density at radius 2 is 1.87 bits per heavy atom. The van der Waals surface area contributed by atoms with E-state index in [1.54, 1.807) is 0 Å². The minimum absolute atomic E-state index is 0.215. The number of fused-ring (bicyclic) bond motifs is 2. The number of aliphatic imine (C=N–C) groups is 1. The quantitative estimate of drug-likeness (QED) is 0.788. The molecule has 1 aliphatic heterocycles. The number of amides is 1. The minimum atomic E-state index is -0.564. The summed E-state index contributed by atoms with van der Waals surface area (Å²) >= 11 is 0. The lowest BCUT2D eigenvalue weighted by atomic mass is 9.90. The Balaban J connectivity index is 1.65. The minimum Gasteiger partial charge on any atom is -0.481 e. The number of alkyl carbamates (subject to hydrolysis) is 1. The van der Waals surface area contributed by atoms with Crippen LogP contribution in [0.25, 0.3) is 0 Å². The normalized spacial score (nSPS) is 19.2. The molecule has 0 saturated carbocycles. The number of ether oxygens (including phenoxy) is 2. The van der Waals surface area contributed by atoms with E-state index < -0.39 is 11.7 Å². The SMILES string of the molecule is CC1Oc2ccc(C(NC(=O)OC(C)(C)C)C3Cc4ccccc4C3)cc2N=C1N. The first kappa shape index (κ1) is 20.3. The highest BCUT2D eigenvalue weighted by Crippen LogP contribution is 2.39. The fourth-order valence-electron chi connectivity index (χ4n) is 4.13. The van der Waals surface area contributed by atoms with Crippen LogP contribution in [0.5, 0.6) is 5.75 Å². The topological polar surface area (TPSA) is 85.9 Å². The lowest BCUT2D eigenvalue weighted by Gasteiger charge is -2.29. The molecule has 2 unspecified atom stereocenters. The van der Waals surface area contributed by atoms with E-state index in [1.165, 1.54) is 11.1 Å². The second kappa shape index (κ2) is 7.67. The smallest absolute Gasteiger partial charge is 0.408 e. The second-order valence-corrected chi connectivity index (χ2v) is 9.08. The zero-order valence-corrected chi connectivity index (χ0v) is 17.9. The van der Waals surface area contributed by atoms with Crippen LogP contribution in [0.3, 0.4) is 0 Å². The maximum absolute atomic E-state index is 12.7. The van der Waals surface area contributed by atoms with Crippen molar-refractivity contribution in [3.8, 4) is 5.75 Å². The van der Waals surface area contributed by atoms with E-state index >= 15 is 0 Å². The Bertz CT molecular complexity index is 968. The molecule has 6 nitrogen and oxygen atoms in total. The van der Waals surface area contributed by atoms with E-state index in [0.717, 1.165) is 18.4 Å². The fraction of sp³-hybridized carbons (Fsp3) is 0.417. The molecule has 2 aliphatic rings. The summed E-state index contributed by atoms with van der Waals surface area (Å²) in [4.78, 5) is 17.2. The van der Waals surface area contributed by atoms with Crippen LogP contribution in [-0.4, -0.2) is 23.6 Å². The average molecular weight is 408 g/mol. The first-order valence-corrected chi connectivity index (χ1v) is 10.4. The van der Waals surface area contributed by atoms with Gasteiger partial charge < -0.3 is 20.5 Å². The van der Waals surface area contributed by atoms with Crippen molar-refractivity contribution in [1.29, 1.82) is 0 Å². The number of amidine groups is 1. The predicted octanol–water partition coefficient (Wildman–Crippen LogP) is 4.44. The van der Waals surface area contributed by atoms with Crippen molar-refractivity contribution in [3.63, 3.8) is 0 Å². The zero-order chi connectivity index (χ0) is 21.5. The van der Waals surface area contributed by atoms with E-state index in [9.17, 15) is 4.79 Å². The van der Waals surface area contributed by atoms with Crippen molar-refractivity contribution in [1.82, 2.24) is 5.32 Å². The Hall–Kier alpha value is -3.02. The van der Waals surface area contributed by atoms with Crippen molar-refractivity contribution in [3.05, 3.63) is 59.2 Å². The molecule has 3 N–H and O–H groups in total. The fourth-order valence-corrected chi connectivity index (χ4v) is 4.13. The number of benzene rings is 2. The standard InChI is InChI=1S/C24H29N3O3/c1-14-22(25)26-19-13-17(9-10-20(19)29-14)21(27-23(28)30-24(2,3)4)18-11-15-7-5-6-8-16(15)12-18/h5-10,13-14,18,21H,11-12H2,1-4H3,(H2,25,26)(H,27,28). The van der Waals surface area contributed by atoms with Gasteiger partial charge in [-0.05, 0) is 75.3 Å². The van der Waals surface area contributed by atoms with Gasteiger partial charge in [-0.15, -0.1) is 0 Å². The van der Waals surface area contributed by atoms with Crippen molar-refractivity contribution in [2.75, 3.05) is 0 Å². The van der Waals surface area contributed by atoms with E-state index in [1.807, 2.05) is 45.9 Å². The first-order chi connectivity index (χ1) is 14.2. The Kier molecular flexibility index (Phi) is 5.18. The number of hydrogen-bond acceptors (Lipinski definition) is 5. The van der Waals surface area contributed by atoms with Crippen LogP contribution >= 0.6 is 0 Å². The van der Waals surface area contributed by atoms with Crippen molar-refractivity contribution >= 4 is 17.6 Å². The molecule has 1 heterocycles. The summed E-state index contributed by atoms with van der Waals surface area (Å²) in [7, 11) is 0. The van der Waals surface area contributed by atoms with Gasteiger partial charge in [-0.3, -0.25) is 0 Å². The molecule has 158 valence electrons. The van der Waals surface area contributed by atoms with Crippen LogP contribution < -0.4 is 15.8 Å². The largest absolute Gasteiger partial charge is 0.481 e. The Labute approximate surface area is 177 Å². The summed E-state index contributed by atoms with van der Waals surface area (Å²) in [5.74, 6) is 1.37. The summed E-state index contributed by atoms with van der Waals surface area (Å²) < 4.78 is 11.4. The molecule has 0 radical (unpaired) electrons. The van der Waals surface area contributed by atoms with Crippen LogP contribution in [0, 0.1) is 5.92 Å². The highest BCUT2D eigenvalue weighted by molar-refractivity contribution is 5.89. The summed E-state index contributed by atoms with van der Waals surface area (Å²) in [6.07, 6.45) is 1.12. The molecule has 2 atom stereocenters. The number of carbonyl (C=O) groups is 1. The summed E-state index contributed by atoms with van der Waals surface area (Å²) in [5.41, 5.74) is 9.73. The number of rotatable bonds is 3. The maximum atomic E-state index is 12.7. The van der Waals surface area contributed by atoms with Crippen molar-refractivity contribution in [2.24, 2.45) is 16.6 Å². The summed E-state index contributed by atoms with van der Waals surface area (Å²) in [5, 5.41) is 3.11. The third-order valence-corrected chi connectivity index (χ3v) is 5.54. The highest BCUT2D eigenvalue weighted by Gasteiger charge is 2.33. The maximum Gasteiger partial charge on any atom is 0.408 e.